The zero-order chi connectivity index (χ0) is 15.9. The van der Waals surface area contributed by atoms with E-state index in [1.54, 1.807) is 12.4 Å². The number of aliphatic hydroxyl groups excluding tert-OH is 1. The summed E-state index contributed by atoms with van der Waals surface area (Å²) in [5, 5.41) is 24.2. The van der Waals surface area contributed by atoms with Crippen LogP contribution in [0, 0.1) is 0 Å². The second-order valence-corrected chi connectivity index (χ2v) is 6.34. The molecule has 0 aromatic carbocycles. The first kappa shape index (κ1) is 16.7. The lowest BCUT2D eigenvalue weighted by Crippen LogP contribution is -2.39. The number of aromatic nitrogens is 3. The summed E-state index contributed by atoms with van der Waals surface area (Å²) in [5.41, 5.74) is 0. The first-order valence-corrected chi connectivity index (χ1v) is 8.08. The van der Waals surface area contributed by atoms with Gasteiger partial charge in [0, 0.05) is 25.0 Å². The van der Waals surface area contributed by atoms with Crippen molar-refractivity contribution in [2.45, 2.75) is 19.6 Å². The van der Waals surface area contributed by atoms with Crippen LogP contribution in [0.4, 0.5) is 0 Å². The summed E-state index contributed by atoms with van der Waals surface area (Å²) < 4.78 is 2.48. The smallest absolute Gasteiger partial charge is 0.191 e. The highest BCUT2D eigenvalue weighted by Gasteiger charge is 2.11. The van der Waals surface area contributed by atoms with Gasteiger partial charge in [0.1, 0.15) is 19.0 Å². The number of rotatable bonds is 6. The molecule has 22 heavy (non-hydrogen) atoms. The van der Waals surface area contributed by atoms with Gasteiger partial charge in [0.25, 0.3) is 0 Å². The number of thiophene rings is 1. The van der Waals surface area contributed by atoms with Crippen LogP contribution in [0.5, 0.6) is 0 Å². The van der Waals surface area contributed by atoms with Crippen molar-refractivity contribution in [1.29, 1.82) is 0 Å². The number of hydrogen-bond donors (Lipinski definition) is 3. The standard InChI is InChI=1S/C13H19ClN6OS/c1-3-15-13(17-7-12-19-18-8-20(12)2)16-6-9(21)10-4-5-11(14)22-10/h4-5,8-9,21H,3,6-7H2,1-2H3,(H2,15,16,17). The Kier molecular flexibility index (Phi) is 6.17. The third kappa shape index (κ3) is 4.69. The van der Waals surface area contributed by atoms with Crippen molar-refractivity contribution < 1.29 is 5.11 Å². The van der Waals surface area contributed by atoms with E-state index in [1.807, 2.05) is 24.6 Å². The minimum Gasteiger partial charge on any atom is -0.386 e. The van der Waals surface area contributed by atoms with Crippen molar-refractivity contribution in [3.05, 3.63) is 33.5 Å². The predicted octanol–water partition coefficient (Wildman–Crippen LogP) is 1.32. The Morgan fingerprint density at radius 2 is 2.32 bits per heavy atom. The molecule has 0 bridgehead atoms. The number of aryl methyl sites for hydroxylation is 1. The lowest BCUT2D eigenvalue weighted by Gasteiger charge is -2.14. The molecule has 0 radical (unpaired) electrons. The molecule has 0 aliphatic rings. The summed E-state index contributed by atoms with van der Waals surface area (Å²) in [6, 6.07) is 3.60. The Balaban J connectivity index is 1.92. The number of nitrogens with one attached hydrogen (secondary N) is 2. The maximum Gasteiger partial charge on any atom is 0.191 e. The molecule has 2 heterocycles. The molecule has 7 nitrogen and oxygen atoms in total. The molecule has 1 atom stereocenters. The van der Waals surface area contributed by atoms with E-state index in [0.29, 0.717) is 23.4 Å². The van der Waals surface area contributed by atoms with E-state index in [-0.39, 0.29) is 0 Å². The van der Waals surface area contributed by atoms with Crippen LogP contribution in [-0.2, 0) is 13.6 Å². The molecular weight excluding hydrogens is 324 g/mol. The molecule has 2 aromatic rings. The summed E-state index contributed by atoms with van der Waals surface area (Å²) in [6.45, 7) is 3.47. The second-order valence-electron chi connectivity index (χ2n) is 4.59. The topological polar surface area (TPSA) is 87.4 Å². The van der Waals surface area contributed by atoms with Crippen molar-refractivity contribution in [2.24, 2.45) is 12.0 Å². The SMILES string of the molecule is CCNC(=NCc1nncn1C)NCC(O)c1ccc(Cl)s1. The van der Waals surface area contributed by atoms with Gasteiger partial charge in [-0.15, -0.1) is 21.5 Å². The number of halogens is 1. The Morgan fingerprint density at radius 3 is 2.91 bits per heavy atom. The van der Waals surface area contributed by atoms with Gasteiger partial charge in [0.05, 0.1) is 4.34 Å². The second kappa shape index (κ2) is 8.11. The molecule has 9 heteroatoms. The van der Waals surface area contributed by atoms with Crippen LogP contribution >= 0.6 is 22.9 Å². The Morgan fingerprint density at radius 1 is 1.50 bits per heavy atom. The Bertz CT molecular complexity index is 626. The van der Waals surface area contributed by atoms with Gasteiger partial charge in [-0.1, -0.05) is 11.6 Å². The average molecular weight is 343 g/mol. The van der Waals surface area contributed by atoms with E-state index >= 15 is 0 Å². The molecule has 2 aromatic heterocycles. The number of aliphatic hydroxyl groups is 1. The van der Waals surface area contributed by atoms with Crippen LogP contribution in [0.25, 0.3) is 0 Å². The highest BCUT2D eigenvalue weighted by Crippen LogP contribution is 2.26. The molecule has 0 aliphatic heterocycles. The number of nitrogens with zero attached hydrogens (tertiary/aromatic N) is 4. The zero-order valence-electron chi connectivity index (χ0n) is 12.5. The fourth-order valence-electron chi connectivity index (χ4n) is 1.74. The van der Waals surface area contributed by atoms with Crippen LogP contribution in [0.3, 0.4) is 0 Å². The molecule has 0 saturated carbocycles. The van der Waals surface area contributed by atoms with Crippen LogP contribution in [0.2, 0.25) is 4.34 Å². The maximum atomic E-state index is 10.1. The third-order valence-electron chi connectivity index (χ3n) is 2.91. The summed E-state index contributed by atoms with van der Waals surface area (Å²) in [6.07, 6.45) is 1.01. The van der Waals surface area contributed by atoms with Crippen LogP contribution in [0.1, 0.15) is 23.7 Å². The fraction of sp³-hybridized carbons (Fsp3) is 0.462. The van der Waals surface area contributed by atoms with Gasteiger partial charge in [-0.05, 0) is 19.1 Å². The predicted molar refractivity (Wildman–Crippen MR) is 88.1 cm³/mol. The largest absolute Gasteiger partial charge is 0.386 e. The van der Waals surface area contributed by atoms with E-state index in [4.69, 9.17) is 11.6 Å². The van der Waals surface area contributed by atoms with Gasteiger partial charge in [-0.25, -0.2) is 4.99 Å². The molecule has 0 fully saturated rings. The van der Waals surface area contributed by atoms with Gasteiger partial charge >= 0.3 is 0 Å². The van der Waals surface area contributed by atoms with Crippen molar-refractivity contribution in [3.63, 3.8) is 0 Å². The van der Waals surface area contributed by atoms with E-state index in [0.717, 1.165) is 17.2 Å². The van der Waals surface area contributed by atoms with Gasteiger partial charge in [0.15, 0.2) is 11.8 Å². The molecule has 0 aliphatic carbocycles. The zero-order valence-corrected chi connectivity index (χ0v) is 14.0. The average Bonchev–Trinajstić information content (AvgIpc) is 3.10. The van der Waals surface area contributed by atoms with Crippen LogP contribution < -0.4 is 10.6 Å². The number of hydrogen-bond acceptors (Lipinski definition) is 5. The lowest BCUT2D eigenvalue weighted by molar-refractivity contribution is 0.184. The van der Waals surface area contributed by atoms with Crippen LogP contribution in [-0.4, -0.2) is 38.9 Å². The Hall–Kier alpha value is -1.64. The van der Waals surface area contributed by atoms with Crippen molar-refractivity contribution in [2.75, 3.05) is 13.1 Å². The van der Waals surface area contributed by atoms with E-state index in [9.17, 15) is 5.11 Å². The third-order valence-corrected chi connectivity index (χ3v) is 4.25. The molecule has 0 spiro atoms. The summed E-state index contributed by atoms with van der Waals surface area (Å²) >= 11 is 7.24. The minimum absolute atomic E-state index is 0.349. The normalized spacial score (nSPS) is 13.2. The summed E-state index contributed by atoms with van der Waals surface area (Å²) in [5.74, 6) is 1.38. The molecule has 3 N–H and O–H groups in total. The summed E-state index contributed by atoms with van der Waals surface area (Å²) in [4.78, 5) is 5.25. The molecular formula is C13H19ClN6OS. The summed E-state index contributed by atoms with van der Waals surface area (Å²) in [7, 11) is 1.87. The Labute approximate surface area is 138 Å². The number of guanidine groups is 1. The van der Waals surface area contributed by atoms with Gasteiger partial charge in [0.2, 0.25) is 0 Å². The molecule has 0 amide bonds. The molecule has 1 unspecified atom stereocenters. The maximum absolute atomic E-state index is 10.1. The van der Waals surface area contributed by atoms with Crippen molar-refractivity contribution in [3.8, 4) is 0 Å². The fourth-order valence-corrected chi connectivity index (χ4v) is 2.79. The van der Waals surface area contributed by atoms with Crippen molar-refractivity contribution in [1.82, 2.24) is 25.4 Å². The molecule has 0 saturated heterocycles. The first-order valence-electron chi connectivity index (χ1n) is 6.88. The van der Waals surface area contributed by atoms with Crippen molar-refractivity contribution >= 4 is 28.9 Å². The van der Waals surface area contributed by atoms with Gasteiger partial charge < -0.3 is 20.3 Å². The van der Waals surface area contributed by atoms with E-state index in [2.05, 4.69) is 25.8 Å². The minimum atomic E-state index is -0.629. The highest BCUT2D eigenvalue weighted by atomic mass is 35.5. The van der Waals surface area contributed by atoms with Gasteiger partial charge in [-0.3, -0.25) is 0 Å². The number of aliphatic imine (C=N–C) groups is 1. The lowest BCUT2D eigenvalue weighted by atomic mass is 10.3. The molecule has 2 rings (SSSR count). The first-order chi connectivity index (χ1) is 10.6. The quantitative estimate of drug-likeness (QED) is 0.544. The molecule has 120 valence electrons. The van der Waals surface area contributed by atoms with Gasteiger partial charge in [-0.2, -0.15) is 0 Å². The van der Waals surface area contributed by atoms with E-state index in [1.165, 1.54) is 11.3 Å². The van der Waals surface area contributed by atoms with Crippen LogP contribution in [0.15, 0.2) is 23.5 Å². The highest BCUT2D eigenvalue weighted by molar-refractivity contribution is 7.16. The monoisotopic (exact) mass is 342 g/mol. The van der Waals surface area contributed by atoms with E-state index < -0.39 is 6.10 Å².